The van der Waals surface area contributed by atoms with E-state index in [-0.39, 0.29) is 5.41 Å². The Bertz CT molecular complexity index is 800. The molecule has 0 aliphatic heterocycles. The maximum atomic E-state index is 10.7. The first-order valence-electron chi connectivity index (χ1n) is 14.7. The molecule has 1 heteroatoms. The molecule has 0 aromatic heterocycles. The molecule has 0 amide bonds. The molecule has 5 rings (SSSR count). The van der Waals surface area contributed by atoms with Gasteiger partial charge >= 0.3 is 0 Å². The van der Waals surface area contributed by atoms with Gasteiger partial charge in [0.25, 0.3) is 0 Å². The summed E-state index contributed by atoms with van der Waals surface area (Å²) < 4.78 is 0. The van der Waals surface area contributed by atoms with E-state index in [9.17, 15) is 5.11 Å². The second-order valence-corrected chi connectivity index (χ2v) is 15.0. The maximum absolute atomic E-state index is 10.7. The second kappa shape index (κ2) is 7.60. The summed E-state index contributed by atoms with van der Waals surface area (Å²) in [5.41, 5.74) is 3.45. The zero-order chi connectivity index (χ0) is 24.0. The van der Waals surface area contributed by atoms with Gasteiger partial charge in [-0.3, -0.25) is 0 Å². The van der Waals surface area contributed by atoms with Crippen LogP contribution >= 0.6 is 0 Å². The maximum Gasteiger partial charge on any atom is 0.0490 e. The molecule has 33 heavy (non-hydrogen) atoms. The van der Waals surface area contributed by atoms with E-state index in [1.54, 1.807) is 0 Å². The molecule has 0 aromatic carbocycles. The highest BCUT2D eigenvalue weighted by Crippen LogP contribution is 2.78. The summed E-state index contributed by atoms with van der Waals surface area (Å²) in [7, 11) is 0. The van der Waals surface area contributed by atoms with E-state index < -0.39 is 0 Å². The van der Waals surface area contributed by atoms with Crippen molar-refractivity contribution in [2.75, 3.05) is 6.61 Å². The Morgan fingerprint density at radius 3 is 2.21 bits per heavy atom. The Labute approximate surface area is 205 Å². The molecule has 1 nitrogen and oxygen atoms in total. The standard InChI is InChI=1S/C32H54O/c1-9-28(5)22(4)12-15-29(6)25(28)14-16-31(8)26(29)11-10-24-27-23(21(2)3)13-17-32(27,20-33)19-18-30(24,31)7/h22-27,33H,2,9-20H2,1,3-8H3. The molecule has 0 aromatic rings. The molecule has 5 aliphatic carbocycles. The first-order chi connectivity index (χ1) is 15.4. The zero-order valence-corrected chi connectivity index (χ0v) is 23.1. The normalized spacial score (nSPS) is 58.1. The molecular formula is C32H54O. The van der Waals surface area contributed by atoms with Crippen molar-refractivity contribution in [2.24, 2.45) is 62.6 Å². The van der Waals surface area contributed by atoms with Crippen LogP contribution in [0.3, 0.4) is 0 Å². The smallest absolute Gasteiger partial charge is 0.0490 e. The van der Waals surface area contributed by atoms with Gasteiger partial charge < -0.3 is 5.11 Å². The number of aliphatic hydroxyl groups is 1. The number of aliphatic hydroxyl groups excluding tert-OH is 1. The number of hydrogen-bond acceptors (Lipinski definition) is 1. The molecule has 0 bridgehead atoms. The van der Waals surface area contributed by atoms with Crippen molar-refractivity contribution in [3.8, 4) is 0 Å². The fourth-order valence-corrected chi connectivity index (χ4v) is 12.2. The zero-order valence-electron chi connectivity index (χ0n) is 23.1. The van der Waals surface area contributed by atoms with Gasteiger partial charge in [0.15, 0.2) is 0 Å². The van der Waals surface area contributed by atoms with Crippen LogP contribution in [-0.2, 0) is 0 Å². The summed E-state index contributed by atoms with van der Waals surface area (Å²) in [5, 5.41) is 10.7. The Morgan fingerprint density at radius 2 is 1.58 bits per heavy atom. The Hall–Kier alpha value is -0.300. The molecule has 0 saturated heterocycles. The van der Waals surface area contributed by atoms with Crippen LogP contribution in [0.1, 0.15) is 119 Å². The molecule has 1 N–H and O–H groups in total. The lowest BCUT2D eigenvalue weighted by Gasteiger charge is -2.73. The summed E-state index contributed by atoms with van der Waals surface area (Å²) in [5.74, 6) is 4.69. The lowest BCUT2D eigenvalue weighted by atomic mass is 9.31. The summed E-state index contributed by atoms with van der Waals surface area (Å²) in [6.07, 6.45) is 15.0. The van der Waals surface area contributed by atoms with Crippen molar-refractivity contribution in [1.29, 1.82) is 0 Å². The van der Waals surface area contributed by atoms with Crippen LogP contribution in [0, 0.1) is 62.6 Å². The third-order valence-corrected chi connectivity index (χ3v) is 14.6. The van der Waals surface area contributed by atoms with Crippen molar-refractivity contribution >= 4 is 0 Å². The predicted molar refractivity (Wildman–Crippen MR) is 140 cm³/mol. The second-order valence-electron chi connectivity index (χ2n) is 15.0. The topological polar surface area (TPSA) is 20.2 Å². The average Bonchev–Trinajstić information content (AvgIpc) is 3.17. The Morgan fingerprint density at radius 1 is 0.848 bits per heavy atom. The molecule has 188 valence electrons. The first-order valence-corrected chi connectivity index (χ1v) is 14.7. The highest BCUT2D eigenvalue weighted by atomic mass is 16.3. The largest absolute Gasteiger partial charge is 0.396 e. The van der Waals surface area contributed by atoms with E-state index >= 15 is 0 Å². The van der Waals surface area contributed by atoms with Crippen LogP contribution in [0.15, 0.2) is 12.2 Å². The van der Waals surface area contributed by atoms with Crippen molar-refractivity contribution < 1.29 is 5.11 Å². The third kappa shape index (κ3) is 2.87. The lowest BCUT2D eigenvalue weighted by Crippen LogP contribution is -2.66. The van der Waals surface area contributed by atoms with Crippen molar-refractivity contribution in [2.45, 2.75) is 119 Å². The molecule has 5 aliphatic rings. The van der Waals surface area contributed by atoms with Gasteiger partial charge in [-0.1, -0.05) is 60.1 Å². The fraction of sp³-hybridized carbons (Fsp3) is 0.938. The van der Waals surface area contributed by atoms with E-state index in [0.717, 1.165) is 23.7 Å². The van der Waals surface area contributed by atoms with Crippen LogP contribution in [-0.4, -0.2) is 11.7 Å². The van der Waals surface area contributed by atoms with Gasteiger partial charge in [-0.2, -0.15) is 0 Å². The van der Waals surface area contributed by atoms with Crippen molar-refractivity contribution in [1.82, 2.24) is 0 Å². The minimum absolute atomic E-state index is 0.180. The molecular weight excluding hydrogens is 400 g/mol. The Kier molecular flexibility index (Phi) is 5.62. The van der Waals surface area contributed by atoms with Gasteiger partial charge in [0, 0.05) is 6.61 Å². The monoisotopic (exact) mass is 454 g/mol. The highest BCUT2D eigenvalue weighted by molar-refractivity contribution is 5.21. The van der Waals surface area contributed by atoms with Gasteiger partial charge in [-0.15, -0.1) is 0 Å². The summed E-state index contributed by atoms with van der Waals surface area (Å²) in [6.45, 7) is 23.1. The predicted octanol–water partition coefficient (Wildman–Crippen LogP) is 8.66. The van der Waals surface area contributed by atoms with Gasteiger partial charge in [0.2, 0.25) is 0 Å². The SMILES string of the molecule is C=C(C)C1CCC2(CO)CCC3(C)C(CCC4C5(C)CCC(C)C(C)(CC)C5CCC43C)C12. The van der Waals surface area contributed by atoms with E-state index in [1.165, 1.54) is 76.2 Å². The van der Waals surface area contributed by atoms with Crippen molar-refractivity contribution in [3.05, 3.63) is 12.2 Å². The van der Waals surface area contributed by atoms with Gasteiger partial charge in [-0.05, 0) is 134 Å². The van der Waals surface area contributed by atoms with E-state index in [2.05, 4.69) is 55.0 Å². The van der Waals surface area contributed by atoms with E-state index in [0.29, 0.717) is 40.1 Å². The molecule has 0 spiro atoms. The number of hydrogen-bond donors (Lipinski definition) is 1. The number of rotatable bonds is 3. The summed E-state index contributed by atoms with van der Waals surface area (Å²) >= 11 is 0. The van der Waals surface area contributed by atoms with Crippen molar-refractivity contribution in [3.63, 3.8) is 0 Å². The molecule has 11 unspecified atom stereocenters. The van der Waals surface area contributed by atoms with E-state index in [1.807, 2.05) is 0 Å². The van der Waals surface area contributed by atoms with Gasteiger partial charge in [0.05, 0.1) is 0 Å². The van der Waals surface area contributed by atoms with E-state index in [4.69, 9.17) is 0 Å². The average molecular weight is 455 g/mol. The quantitative estimate of drug-likeness (QED) is 0.423. The summed E-state index contributed by atoms with van der Waals surface area (Å²) in [6, 6.07) is 0. The van der Waals surface area contributed by atoms with Crippen LogP contribution in [0.4, 0.5) is 0 Å². The molecule has 0 radical (unpaired) electrons. The van der Waals surface area contributed by atoms with Gasteiger partial charge in [-0.25, -0.2) is 0 Å². The molecule has 5 saturated carbocycles. The van der Waals surface area contributed by atoms with Crippen LogP contribution in [0.2, 0.25) is 0 Å². The fourth-order valence-electron chi connectivity index (χ4n) is 12.2. The summed E-state index contributed by atoms with van der Waals surface area (Å²) in [4.78, 5) is 0. The first kappa shape index (κ1) is 24.4. The lowest BCUT2D eigenvalue weighted by molar-refractivity contribution is -0.246. The Balaban J connectivity index is 1.55. The van der Waals surface area contributed by atoms with Crippen LogP contribution < -0.4 is 0 Å². The molecule has 0 heterocycles. The van der Waals surface area contributed by atoms with Gasteiger partial charge in [0.1, 0.15) is 0 Å². The van der Waals surface area contributed by atoms with Crippen LogP contribution in [0.25, 0.3) is 0 Å². The minimum atomic E-state index is 0.180. The molecule has 11 atom stereocenters. The minimum Gasteiger partial charge on any atom is -0.396 e. The highest BCUT2D eigenvalue weighted by Gasteiger charge is 2.70. The molecule has 5 fully saturated rings. The number of fused-ring (bicyclic) bond motifs is 7. The third-order valence-electron chi connectivity index (χ3n) is 14.6. The number of allylic oxidation sites excluding steroid dienone is 1. The van der Waals surface area contributed by atoms with Crippen LogP contribution in [0.5, 0.6) is 0 Å².